The van der Waals surface area contributed by atoms with Gasteiger partial charge in [-0.1, -0.05) is 13.3 Å². The molecule has 0 saturated heterocycles. The van der Waals surface area contributed by atoms with Crippen molar-refractivity contribution in [3.8, 4) is 0 Å². The zero-order valence-electron chi connectivity index (χ0n) is 11.3. The van der Waals surface area contributed by atoms with Gasteiger partial charge in [0.15, 0.2) is 0 Å². The van der Waals surface area contributed by atoms with Crippen LogP contribution in [-0.4, -0.2) is 6.54 Å². The Bertz CT molecular complexity index is 440. The topological polar surface area (TPSA) is 12.0 Å². The second-order valence-corrected chi connectivity index (χ2v) is 6.08. The second kappa shape index (κ2) is 5.20. The Balaban J connectivity index is 1.87. The van der Waals surface area contributed by atoms with Crippen molar-refractivity contribution in [2.75, 3.05) is 6.54 Å². The summed E-state index contributed by atoms with van der Waals surface area (Å²) < 4.78 is 26.9. The molecule has 104 valence electrons. The average molecular weight is 265 g/mol. The Morgan fingerprint density at radius 2 is 1.89 bits per heavy atom. The van der Waals surface area contributed by atoms with E-state index in [-0.39, 0.29) is 6.04 Å². The molecule has 19 heavy (non-hydrogen) atoms. The summed E-state index contributed by atoms with van der Waals surface area (Å²) in [5.41, 5.74) is 0.775. The smallest absolute Gasteiger partial charge is 0.126 e. The molecule has 0 spiro atoms. The summed E-state index contributed by atoms with van der Waals surface area (Å²) in [5, 5.41) is 3.45. The third kappa shape index (κ3) is 2.53. The fourth-order valence-corrected chi connectivity index (χ4v) is 4.19. The molecule has 0 radical (unpaired) electrons. The molecule has 2 saturated carbocycles. The maximum atomic E-state index is 13.4. The minimum atomic E-state index is -0.471. The van der Waals surface area contributed by atoms with Crippen molar-refractivity contribution < 1.29 is 8.78 Å². The predicted molar refractivity (Wildman–Crippen MR) is 71.7 cm³/mol. The molecule has 2 fully saturated rings. The van der Waals surface area contributed by atoms with Gasteiger partial charge in [-0.15, -0.1) is 0 Å². The average Bonchev–Trinajstić information content (AvgIpc) is 2.96. The van der Waals surface area contributed by atoms with E-state index in [1.54, 1.807) is 0 Å². The second-order valence-electron chi connectivity index (χ2n) is 6.08. The highest BCUT2D eigenvalue weighted by Crippen LogP contribution is 2.52. The van der Waals surface area contributed by atoms with Gasteiger partial charge in [-0.25, -0.2) is 8.78 Å². The Hall–Kier alpha value is -0.960. The Kier molecular flexibility index (Phi) is 3.57. The van der Waals surface area contributed by atoms with E-state index in [1.807, 2.05) is 0 Å². The Morgan fingerprint density at radius 1 is 1.16 bits per heavy atom. The fourth-order valence-electron chi connectivity index (χ4n) is 4.19. The van der Waals surface area contributed by atoms with E-state index in [4.69, 9.17) is 0 Å². The van der Waals surface area contributed by atoms with Crippen LogP contribution in [0.25, 0.3) is 0 Å². The van der Waals surface area contributed by atoms with Gasteiger partial charge >= 0.3 is 0 Å². The Morgan fingerprint density at radius 3 is 2.42 bits per heavy atom. The minimum Gasteiger partial charge on any atom is -0.310 e. The molecule has 1 aromatic rings. The van der Waals surface area contributed by atoms with Crippen LogP contribution in [-0.2, 0) is 0 Å². The molecule has 0 aliphatic heterocycles. The summed E-state index contributed by atoms with van der Waals surface area (Å²) in [6.45, 7) is 2.88. The molecule has 2 aliphatic carbocycles. The van der Waals surface area contributed by atoms with Gasteiger partial charge in [-0.2, -0.15) is 0 Å². The number of halogens is 2. The number of rotatable bonds is 4. The van der Waals surface area contributed by atoms with Gasteiger partial charge in [-0.05, 0) is 61.3 Å². The van der Waals surface area contributed by atoms with Crippen LogP contribution in [0.15, 0.2) is 18.2 Å². The third-order valence-electron chi connectivity index (χ3n) is 4.89. The van der Waals surface area contributed by atoms with Crippen LogP contribution in [0.1, 0.15) is 44.2 Å². The third-order valence-corrected chi connectivity index (χ3v) is 4.89. The number of benzene rings is 1. The highest BCUT2D eigenvalue weighted by atomic mass is 19.1. The molecule has 2 bridgehead atoms. The first-order valence-corrected chi connectivity index (χ1v) is 7.36. The molecule has 0 amide bonds. The van der Waals surface area contributed by atoms with E-state index in [1.165, 1.54) is 37.8 Å². The van der Waals surface area contributed by atoms with Crippen molar-refractivity contribution >= 4 is 0 Å². The molecule has 0 heterocycles. The standard InChI is InChI=1S/C16H21F2N/c1-2-19-16(12-7-13(17)9-14(18)8-12)15-6-10-3-4-11(15)5-10/h7-11,15-16,19H,2-6H2,1H3. The molecule has 1 aromatic carbocycles. The SMILES string of the molecule is CCNC(c1cc(F)cc(F)c1)C1CC2CCC1C2. The lowest BCUT2D eigenvalue weighted by atomic mass is 9.80. The zero-order chi connectivity index (χ0) is 13.4. The first-order chi connectivity index (χ1) is 9.17. The van der Waals surface area contributed by atoms with Crippen LogP contribution >= 0.6 is 0 Å². The largest absolute Gasteiger partial charge is 0.310 e. The Labute approximate surface area is 113 Å². The molecule has 2 aliphatic rings. The molecule has 4 atom stereocenters. The molecule has 1 N–H and O–H groups in total. The molecule has 1 nitrogen and oxygen atoms in total. The lowest BCUT2D eigenvalue weighted by Gasteiger charge is -2.31. The van der Waals surface area contributed by atoms with Gasteiger partial charge in [0.25, 0.3) is 0 Å². The first-order valence-electron chi connectivity index (χ1n) is 7.36. The molecular weight excluding hydrogens is 244 g/mol. The summed E-state index contributed by atoms with van der Waals surface area (Å²) in [6.07, 6.45) is 5.15. The lowest BCUT2D eigenvalue weighted by molar-refractivity contribution is 0.252. The van der Waals surface area contributed by atoms with Gasteiger partial charge in [0.1, 0.15) is 11.6 Å². The summed E-state index contributed by atoms with van der Waals surface area (Å²) in [4.78, 5) is 0. The molecular formula is C16H21F2N. The van der Waals surface area contributed by atoms with E-state index in [0.717, 1.165) is 30.0 Å². The van der Waals surface area contributed by atoms with Crippen LogP contribution in [0.5, 0.6) is 0 Å². The van der Waals surface area contributed by atoms with Gasteiger partial charge in [-0.3, -0.25) is 0 Å². The van der Waals surface area contributed by atoms with Gasteiger partial charge < -0.3 is 5.32 Å². The number of hydrogen-bond acceptors (Lipinski definition) is 1. The van der Waals surface area contributed by atoms with Gasteiger partial charge in [0.05, 0.1) is 0 Å². The fraction of sp³-hybridized carbons (Fsp3) is 0.625. The van der Waals surface area contributed by atoms with E-state index in [2.05, 4.69) is 12.2 Å². The van der Waals surface area contributed by atoms with Crippen molar-refractivity contribution in [1.82, 2.24) is 5.32 Å². The summed E-state index contributed by atoms with van der Waals surface area (Å²) in [6, 6.07) is 4.03. The molecule has 3 heteroatoms. The maximum absolute atomic E-state index is 13.4. The summed E-state index contributed by atoms with van der Waals surface area (Å²) in [5.74, 6) is 1.18. The first kappa shape index (κ1) is 13.0. The van der Waals surface area contributed by atoms with Crippen molar-refractivity contribution in [2.45, 2.75) is 38.6 Å². The van der Waals surface area contributed by atoms with Crippen LogP contribution in [0.4, 0.5) is 8.78 Å². The molecule has 3 rings (SSSR count). The van der Waals surface area contributed by atoms with Crippen LogP contribution < -0.4 is 5.32 Å². The van der Waals surface area contributed by atoms with Crippen molar-refractivity contribution in [3.05, 3.63) is 35.4 Å². The van der Waals surface area contributed by atoms with E-state index < -0.39 is 11.6 Å². The maximum Gasteiger partial charge on any atom is 0.126 e. The van der Waals surface area contributed by atoms with Crippen LogP contribution in [0.2, 0.25) is 0 Å². The monoisotopic (exact) mass is 265 g/mol. The van der Waals surface area contributed by atoms with Crippen LogP contribution in [0, 0.1) is 29.4 Å². The van der Waals surface area contributed by atoms with E-state index >= 15 is 0 Å². The quantitative estimate of drug-likeness (QED) is 0.866. The molecule has 0 aromatic heterocycles. The number of nitrogens with one attached hydrogen (secondary N) is 1. The summed E-state index contributed by atoms with van der Waals surface area (Å²) >= 11 is 0. The van der Waals surface area contributed by atoms with Gasteiger partial charge in [0, 0.05) is 12.1 Å². The van der Waals surface area contributed by atoms with E-state index in [9.17, 15) is 8.78 Å². The molecule has 4 unspecified atom stereocenters. The lowest BCUT2D eigenvalue weighted by Crippen LogP contribution is -2.31. The highest BCUT2D eigenvalue weighted by Gasteiger charge is 2.43. The van der Waals surface area contributed by atoms with Crippen molar-refractivity contribution in [2.24, 2.45) is 17.8 Å². The predicted octanol–water partition coefficient (Wildman–Crippen LogP) is 4.05. The highest BCUT2D eigenvalue weighted by molar-refractivity contribution is 5.23. The normalized spacial score (nSPS) is 30.8. The van der Waals surface area contributed by atoms with Gasteiger partial charge in [0.2, 0.25) is 0 Å². The number of fused-ring (bicyclic) bond motifs is 2. The van der Waals surface area contributed by atoms with Crippen molar-refractivity contribution in [3.63, 3.8) is 0 Å². The minimum absolute atomic E-state index is 0.102. The summed E-state index contributed by atoms with van der Waals surface area (Å²) in [7, 11) is 0. The van der Waals surface area contributed by atoms with Crippen LogP contribution in [0.3, 0.4) is 0 Å². The number of hydrogen-bond donors (Lipinski definition) is 1. The zero-order valence-corrected chi connectivity index (χ0v) is 11.3. The van der Waals surface area contributed by atoms with E-state index in [0.29, 0.717) is 5.92 Å². The van der Waals surface area contributed by atoms with Crippen molar-refractivity contribution in [1.29, 1.82) is 0 Å².